The monoisotopic (exact) mass is 406 g/mol. The van der Waals surface area contributed by atoms with Gasteiger partial charge in [-0.2, -0.15) is 0 Å². The van der Waals surface area contributed by atoms with E-state index in [0.29, 0.717) is 40.6 Å². The number of hydrogen-bond acceptors (Lipinski definition) is 3. The molecule has 27 heavy (non-hydrogen) atoms. The third-order valence-electron chi connectivity index (χ3n) is 4.67. The first kappa shape index (κ1) is 19.6. The van der Waals surface area contributed by atoms with Crippen molar-refractivity contribution >= 4 is 34.9 Å². The molecule has 0 fully saturated rings. The van der Waals surface area contributed by atoms with E-state index in [2.05, 4.69) is 10.3 Å². The molecule has 2 aromatic rings. The molecule has 0 saturated heterocycles. The molecule has 1 heterocycles. The topological polar surface area (TPSA) is 79.0 Å². The Kier molecular flexibility index (Phi) is 5.45. The first-order chi connectivity index (χ1) is 12.7. The highest BCUT2D eigenvalue weighted by Crippen LogP contribution is 2.33. The molecule has 3 rings (SSSR count). The van der Waals surface area contributed by atoms with Crippen LogP contribution in [0.4, 0.5) is 0 Å². The number of benzene rings is 1. The van der Waals surface area contributed by atoms with E-state index in [1.54, 1.807) is 12.1 Å². The maximum atomic E-state index is 12.4. The van der Waals surface area contributed by atoms with Crippen LogP contribution in [0.25, 0.3) is 0 Å². The molecule has 5 nitrogen and oxygen atoms in total. The van der Waals surface area contributed by atoms with E-state index in [4.69, 9.17) is 23.2 Å². The van der Waals surface area contributed by atoms with Crippen LogP contribution in [0.5, 0.6) is 0 Å². The van der Waals surface area contributed by atoms with E-state index >= 15 is 0 Å². The Morgan fingerprint density at radius 3 is 2.70 bits per heavy atom. The van der Waals surface area contributed by atoms with Crippen molar-refractivity contribution in [3.63, 3.8) is 0 Å². The van der Waals surface area contributed by atoms with Crippen LogP contribution in [0.1, 0.15) is 52.2 Å². The lowest BCUT2D eigenvalue weighted by molar-refractivity contribution is 0.0910. The van der Waals surface area contributed by atoms with Crippen molar-refractivity contribution in [3.8, 4) is 0 Å². The molecule has 1 aliphatic rings. The van der Waals surface area contributed by atoms with Gasteiger partial charge in [0.25, 0.3) is 11.5 Å². The Morgan fingerprint density at radius 1 is 1.22 bits per heavy atom. The fourth-order valence-corrected chi connectivity index (χ4v) is 3.76. The van der Waals surface area contributed by atoms with Crippen molar-refractivity contribution in [2.24, 2.45) is 5.41 Å². The van der Waals surface area contributed by atoms with E-state index in [-0.39, 0.29) is 23.3 Å². The second-order valence-electron chi connectivity index (χ2n) is 7.56. The van der Waals surface area contributed by atoms with Crippen LogP contribution in [-0.4, -0.2) is 23.2 Å². The standard InChI is InChI=1S/C20H20Cl2N2O3/c1-20(2)9-15-12(16(25)10-20)8-13(19(27)24-15)18(26)23-7-6-11-4-3-5-14(21)17(11)22/h3-5,8H,6-7,9-10H2,1-2H3,(H,23,26)(H,24,27). The van der Waals surface area contributed by atoms with Gasteiger partial charge < -0.3 is 10.3 Å². The van der Waals surface area contributed by atoms with Crippen molar-refractivity contribution in [1.82, 2.24) is 10.3 Å². The van der Waals surface area contributed by atoms with Gasteiger partial charge in [-0.3, -0.25) is 14.4 Å². The number of rotatable bonds is 4. The minimum absolute atomic E-state index is 0.0565. The first-order valence-corrected chi connectivity index (χ1v) is 9.44. The summed E-state index contributed by atoms with van der Waals surface area (Å²) < 4.78 is 0. The van der Waals surface area contributed by atoms with Gasteiger partial charge in [0.05, 0.1) is 10.0 Å². The summed E-state index contributed by atoms with van der Waals surface area (Å²) in [7, 11) is 0. The third kappa shape index (κ3) is 4.25. The maximum Gasteiger partial charge on any atom is 0.261 e. The Hall–Kier alpha value is -2.11. The average Bonchev–Trinajstić information content (AvgIpc) is 2.57. The number of carbonyl (C=O) groups is 2. The van der Waals surface area contributed by atoms with Crippen molar-refractivity contribution in [3.05, 3.63) is 67.0 Å². The van der Waals surface area contributed by atoms with Crippen molar-refractivity contribution in [2.45, 2.75) is 33.1 Å². The fourth-order valence-electron chi connectivity index (χ4n) is 3.34. The minimum Gasteiger partial charge on any atom is -0.352 e. The molecule has 0 bridgehead atoms. The van der Waals surface area contributed by atoms with Gasteiger partial charge in [0.2, 0.25) is 0 Å². The van der Waals surface area contributed by atoms with Gasteiger partial charge in [0, 0.05) is 24.2 Å². The summed E-state index contributed by atoms with van der Waals surface area (Å²) in [4.78, 5) is 39.8. The summed E-state index contributed by atoms with van der Waals surface area (Å²) in [5.41, 5.74) is 1.09. The molecule has 142 valence electrons. The molecule has 0 saturated carbocycles. The number of aromatic nitrogens is 1. The highest BCUT2D eigenvalue weighted by atomic mass is 35.5. The second kappa shape index (κ2) is 7.49. The molecule has 0 radical (unpaired) electrons. The number of amides is 1. The fraction of sp³-hybridized carbons (Fsp3) is 0.350. The lowest BCUT2D eigenvalue weighted by Gasteiger charge is -2.29. The van der Waals surface area contributed by atoms with Gasteiger partial charge in [0.15, 0.2) is 5.78 Å². The van der Waals surface area contributed by atoms with Gasteiger partial charge in [-0.1, -0.05) is 49.2 Å². The molecule has 0 unspecified atom stereocenters. The molecule has 1 aliphatic carbocycles. The van der Waals surface area contributed by atoms with Crippen molar-refractivity contribution < 1.29 is 9.59 Å². The Labute approximate surface area is 167 Å². The lowest BCUT2D eigenvalue weighted by atomic mass is 9.75. The smallest absolute Gasteiger partial charge is 0.261 e. The van der Waals surface area contributed by atoms with Gasteiger partial charge >= 0.3 is 0 Å². The zero-order chi connectivity index (χ0) is 19.8. The van der Waals surface area contributed by atoms with Crippen LogP contribution in [0.2, 0.25) is 10.0 Å². The number of H-pyrrole nitrogens is 1. The van der Waals surface area contributed by atoms with Gasteiger partial charge in [-0.15, -0.1) is 0 Å². The van der Waals surface area contributed by atoms with E-state index in [0.717, 1.165) is 5.56 Å². The summed E-state index contributed by atoms with van der Waals surface area (Å²) in [6.45, 7) is 4.25. The van der Waals surface area contributed by atoms with Crippen LogP contribution in [0.3, 0.4) is 0 Å². The summed E-state index contributed by atoms with van der Waals surface area (Å²) in [5.74, 6) is -0.577. The lowest BCUT2D eigenvalue weighted by Crippen LogP contribution is -2.35. The van der Waals surface area contributed by atoms with E-state index in [1.807, 2.05) is 19.9 Å². The molecule has 0 spiro atoms. The predicted molar refractivity (Wildman–Crippen MR) is 106 cm³/mol. The molecule has 1 aromatic heterocycles. The maximum absolute atomic E-state index is 12.4. The van der Waals surface area contributed by atoms with E-state index in [9.17, 15) is 14.4 Å². The van der Waals surface area contributed by atoms with E-state index in [1.165, 1.54) is 6.07 Å². The molecule has 0 atom stereocenters. The van der Waals surface area contributed by atoms with Gasteiger partial charge in [-0.25, -0.2) is 0 Å². The Bertz CT molecular complexity index is 980. The van der Waals surface area contributed by atoms with E-state index < -0.39 is 11.5 Å². The zero-order valence-corrected chi connectivity index (χ0v) is 16.6. The molecule has 0 aliphatic heterocycles. The molecule has 1 aromatic carbocycles. The summed E-state index contributed by atoms with van der Waals surface area (Å²) in [5, 5.41) is 3.60. The van der Waals surface area contributed by atoms with Gasteiger partial charge in [0.1, 0.15) is 5.56 Å². The van der Waals surface area contributed by atoms with Crippen molar-refractivity contribution in [2.75, 3.05) is 6.54 Å². The summed E-state index contributed by atoms with van der Waals surface area (Å²) >= 11 is 12.1. The van der Waals surface area contributed by atoms with Gasteiger partial charge in [-0.05, 0) is 36.0 Å². The third-order valence-corrected chi connectivity index (χ3v) is 5.53. The number of carbonyl (C=O) groups excluding carboxylic acids is 2. The van der Waals surface area contributed by atoms with Crippen LogP contribution >= 0.6 is 23.2 Å². The highest BCUT2D eigenvalue weighted by molar-refractivity contribution is 6.42. The van der Waals surface area contributed by atoms with Crippen LogP contribution in [0.15, 0.2) is 29.1 Å². The normalized spacial score (nSPS) is 15.3. The highest BCUT2D eigenvalue weighted by Gasteiger charge is 2.32. The second-order valence-corrected chi connectivity index (χ2v) is 8.35. The number of pyridine rings is 1. The number of aromatic amines is 1. The molecular weight excluding hydrogens is 387 g/mol. The minimum atomic E-state index is -0.519. The Morgan fingerprint density at radius 2 is 1.96 bits per heavy atom. The van der Waals surface area contributed by atoms with Crippen LogP contribution in [-0.2, 0) is 12.8 Å². The summed E-state index contributed by atoms with van der Waals surface area (Å²) in [6, 6.07) is 6.71. The number of Topliss-reactive ketones (excluding diaryl/α,β-unsaturated/α-hetero) is 1. The predicted octanol–water partition coefficient (Wildman–Crippen LogP) is 3.81. The molecule has 1 amide bonds. The number of ketones is 1. The Balaban J connectivity index is 1.74. The van der Waals surface area contributed by atoms with Crippen LogP contribution < -0.4 is 10.9 Å². The molecule has 7 heteroatoms. The number of halogens is 2. The quantitative estimate of drug-likeness (QED) is 0.809. The number of nitrogens with one attached hydrogen (secondary N) is 2. The first-order valence-electron chi connectivity index (χ1n) is 8.68. The zero-order valence-electron chi connectivity index (χ0n) is 15.1. The average molecular weight is 407 g/mol. The molecular formula is C20H20Cl2N2O3. The number of fused-ring (bicyclic) bond motifs is 1. The SMILES string of the molecule is CC1(C)CC(=O)c2cc(C(=O)NCCc3cccc(Cl)c3Cl)c(=O)[nH]c2C1. The van der Waals surface area contributed by atoms with Crippen molar-refractivity contribution in [1.29, 1.82) is 0 Å². The van der Waals surface area contributed by atoms with Crippen LogP contribution in [0, 0.1) is 5.41 Å². The summed E-state index contributed by atoms with van der Waals surface area (Å²) in [6.07, 6.45) is 1.46. The largest absolute Gasteiger partial charge is 0.352 e. The number of hydrogen-bond donors (Lipinski definition) is 2. The molecule has 2 N–H and O–H groups in total.